The number of amides is 2. The number of ether oxygens (including phenoxy) is 1. The molecule has 7 nitrogen and oxygen atoms in total. The van der Waals surface area contributed by atoms with Crippen LogP contribution >= 0.6 is 11.8 Å². The minimum Gasteiger partial charge on any atom is -0.452 e. The van der Waals surface area contributed by atoms with Crippen LogP contribution in [-0.2, 0) is 14.3 Å². The lowest BCUT2D eigenvalue weighted by Gasteiger charge is -2.10. The summed E-state index contributed by atoms with van der Waals surface area (Å²) in [4.78, 5) is 47.8. The molecule has 0 fully saturated rings. The molecular formula is C20H20N2O5S. The van der Waals surface area contributed by atoms with Crippen molar-refractivity contribution in [3.63, 3.8) is 0 Å². The van der Waals surface area contributed by atoms with Crippen molar-refractivity contribution >= 4 is 41.0 Å². The molecule has 8 heteroatoms. The predicted molar refractivity (Wildman–Crippen MR) is 107 cm³/mol. The molecule has 0 aliphatic rings. The van der Waals surface area contributed by atoms with E-state index in [0.717, 1.165) is 0 Å². The molecule has 2 amide bonds. The van der Waals surface area contributed by atoms with Crippen LogP contribution in [-0.4, -0.2) is 43.0 Å². The smallest absolute Gasteiger partial charge is 0.339 e. The third-order valence-electron chi connectivity index (χ3n) is 3.51. The van der Waals surface area contributed by atoms with Crippen molar-refractivity contribution in [1.29, 1.82) is 0 Å². The standard InChI is InChI=1S/C20H20N2O5S/c1-13(23)12-28-17-9-4-3-8-16(17)20(26)27-11-18(24)22-15-7-5-6-14(10-15)19(25)21-2/h3-10H,11-12H2,1-2H3,(H,21,25)(H,22,24). The first-order chi connectivity index (χ1) is 13.4. The second kappa shape index (κ2) is 10.3. The molecular weight excluding hydrogens is 380 g/mol. The van der Waals surface area contributed by atoms with E-state index in [1.807, 2.05) is 0 Å². The van der Waals surface area contributed by atoms with Crippen molar-refractivity contribution in [2.75, 3.05) is 24.7 Å². The third kappa shape index (κ3) is 6.24. The second-order valence-corrected chi connectivity index (χ2v) is 6.79. The number of anilines is 1. The number of hydrogen-bond donors (Lipinski definition) is 2. The molecule has 0 spiro atoms. The van der Waals surface area contributed by atoms with Gasteiger partial charge in [0.2, 0.25) is 0 Å². The molecule has 0 unspecified atom stereocenters. The summed E-state index contributed by atoms with van der Waals surface area (Å²) in [7, 11) is 1.51. The number of ketones is 1. The van der Waals surface area contributed by atoms with Gasteiger partial charge >= 0.3 is 5.97 Å². The van der Waals surface area contributed by atoms with Crippen molar-refractivity contribution in [3.05, 3.63) is 59.7 Å². The summed E-state index contributed by atoms with van der Waals surface area (Å²) in [6, 6.07) is 13.1. The van der Waals surface area contributed by atoms with E-state index in [0.29, 0.717) is 21.7 Å². The summed E-state index contributed by atoms with van der Waals surface area (Å²) in [5.41, 5.74) is 1.11. The average Bonchev–Trinajstić information content (AvgIpc) is 2.70. The number of carbonyl (C=O) groups excluding carboxylic acids is 4. The number of hydrogen-bond acceptors (Lipinski definition) is 6. The number of Topliss-reactive ketones (excluding diaryl/α,β-unsaturated/α-hetero) is 1. The fourth-order valence-electron chi connectivity index (χ4n) is 2.23. The molecule has 0 radical (unpaired) electrons. The Labute approximate surface area is 166 Å². The Morgan fingerprint density at radius 3 is 2.50 bits per heavy atom. The molecule has 0 saturated carbocycles. The van der Waals surface area contributed by atoms with Crippen molar-refractivity contribution < 1.29 is 23.9 Å². The molecule has 0 saturated heterocycles. The number of nitrogens with one attached hydrogen (secondary N) is 2. The van der Waals surface area contributed by atoms with Crippen LogP contribution in [0.5, 0.6) is 0 Å². The van der Waals surface area contributed by atoms with E-state index in [1.165, 1.54) is 31.8 Å². The van der Waals surface area contributed by atoms with Crippen LogP contribution in [0.25, 0.3) is 0 Å². The van der Waals surface area contributed by atoms with E-state index < -0.39 is 18.5 Å². The molecule has 2 N–H and O–H groups in total. The SMILES string of the molecule is CNC(=O)c1cccc(NC(=O)COC(=O)c2ccccc2SCC(C)=O)c1. The number of rotatable bonds is 8. The highest BCUT2D eigenvalue weighted by Crippen LogP contribution is 2.23. The minimum atomic E-state index is -0.652. The summed E-state index contributed by atoms with van der Waals surface area (Å²) in [6.45, 7) is 0.992. The number of carbonyl (C=O) groups is 4. The van der Waals surface area contributed by atoms with E-state index in [9.17, 15) is 19.2 Å². The van der Waals surface area contributed by atoms with Crippen LogP contribution in [0.3, 0.4) is 0 Å². The van der Waals surface area contributed by atoms with Crippen LogP contribution in [0, 0.1) is 0 Å². The van der Waals surface area contributed by atoms with Gasteiger partial charge in [-0.1, -0.05) is 18.2 Å². The highest BCUT2D eigenvalue weighted by Gasteiger charge is 2.15. The second-order valence-electron chi connectivity index (χ2n) is 5.77. The fourth-order valence-corrected chi connectivity index (χ4v) is 3.07. The zero-order valence-electron chi connectivity index (χ0n) is 15.5. The first-order valence-corrected chi connectivity index (χ1v) is 9.39. The Kier molecular flexibility index (Phi) is 7.76. The summed E-state index contributed by atoms with van der Waals surface area (Å²) in [5, 5.41) is 5.08. The number of thioether (sulfide) groups is 1. The van der Waals surface area contributed by atoms with Gasteiger partial charge in [0.05, 0.1) is 11.3 Å². The molecule has 2 rings (SSSR count). The van der Waals surface area contributed by atoms with Crippen LogP contribution in [0.15, 0.2) is 53.4 Å². The highest BCUT2D eigenvalue weighted by atomic mass is 32.2. The van der Waals surface area contributed by atoms with Crippen molar-refractivity contribution in [1.82, 2.24) is 5.32 Å². The molecule has 0 aliphatic heterocycles. The van der Waals surface area contributed by atoms with E-state index >= 15 is 0 Å². The fraction of sp³-hybridized carbons (Fsp3) is 0.200. The molecule has 28 heavy (non-hydrogen) atoms. The summed E-state index contributed by atoms with van der Waals surface area (Å²) < 4.78 is 5.08. The van der Waals surface area contributed by atoms with Gasteiger partial charge in [0.1, 0.15) is 5.78 Å². The summed E-state index contributed by atoms with van der Waals surface area (Å²) in [5.74, 6) is -1.22. The van der Waals surface area contributed by atoms with E-state index in [4.69, 9.17) is 4.74 Å². The van der Waals surface area contributed by atoms with Gasteiger partial charge in [-0.25, -0.2) is 4.79 Å². The lowest BCUT2D eigenvalue weighted by molar-refractivity contribution is -0.119. The Morgan fingerprint density at radius 1 is 1.04 bits per heavy atom. The summed E-state index contributed by atoms with van der Waals surface area (Å²) >= 11 is 1.24. The Bertz CT molecular complexity index is 898. The van der Waals surface area contributed by atoms with Crippen LogP contribution in [0.4, 0.5) is 5.69 Å². The Morgan fingerprint density at radius 2 is 1.79 bits per heavy atom. The monoisotopic (exact) mass is 400 g/mol. The van der Waals surface area contributed by atoms with E-state index in [1.54, 1.807) is 42.5 Å². The van der Waals surface area contributed by atoms with E-state index in [-0.39, 0.29) is 17.4 Å². The molecule has 0 aliphatic carbocycles. The number of benzene rings is 2. The molecule has 0 aromatic heterocycles. The lowest BCUT2D eigenvalue weighted by Crippen LogP contribution is -2.22. The number of esters is 1. The van der Waals surface area contributed by atoms with Gasteiger partial charge in [0.25, 0.3) is 11.8 Å². The highest BCUT2D eigenvalue weighted by molar-refractivity contribution is 8.00. The lowest BCUT2D eigenvalue weighted by atomic mass is 10.2. The quantitative estimate of drug-likeness (QED) is 0.522. The zero-order chi connectivity index (χ0) is 20.5. The average molecular weight is 400 g/mol. The molecule has 2 aromatic carbocycles. The largest absolute Gasteiger partial charge is 0.452 e. The van der Waals surface area contributed by atoms with E-state index in [2.05, 4.69) is 10.6 Å². The maximum atomic E-state index is 12.3. The van der Waals surface area contributed by atoms with Gasteiger partial charge in [-0.15, -0.1) is 11.8 Å². The molecule has 2 aromatic rings. The van der Waals surface area contributed by atoms with Gasteiger partial charge in [-0.05, 0) is 37.3 Å². The van der Waals surface area contributed by atoms with Crippen molar-refractivity contribution in [3.8, 4) is 0 Å². The molecule has 0 atom stereocenters. The van der Waals surface area contributed by atoms with Crippen molar-refractivity contribution in [2.24, 2.45) is 0 Å². The Hall–Kier alpha value is -3.13. The molecule has 0 bridgehead atoms. The first-order valence-electron chi connectivity index (χ1n) is 8.41. The van der Waals surface area contributed by atoms with Crippen molar-refractivity contribution in [2.45, 2.75) is 11.8 Å². The maximum Gasteiger partial charge on any atom is 0.339 e. The summed E-state index contributed by atoms with van der Waals surface area (Å²) in [6.07, 6.45) is 0. The Balaban J connectivity index is 1.95. The van der Waals surface area contributed by atoms with Gasteiger partial charge in [0.15, 0.2) is 6.61 Å². The van der Waals surface area contributed by atoms with Gasteiger partial charge in [-0.3, -0.25) is 14.4 Å². The van der Waals surface area contributed by atoms with Gasteiger partial charge in [0, 0.05) is 23.2 Å². The topological polar surface area (TPSA) is 102 Å². The molecule has 146 valence electrons. The molecule has 0 heterocycles. The van der Waals surface area contributed by atoms with Crippen LogP contribution < -0.4 is 10.6 Å². The van der Waals surface area contributed by atoms with Crippen LogP contribution in [0.1, 0.15) is 27.6 Å². The first kappa shape index (κ1) is 21.2. The predicted octanol–water partition coefficient (Wildman–Crippen LogP) is 2.52. The zero-order valence-corrected chi connectivity index (χ0v) is 16.3. The van der Waals surface area contributed by atoms with Gasteiger partial charge < -0.3 is 15.4 Å². The minimum absolute atomic E-state index is 0.00784. The van der Waals surface area contributed by atoms with Crippen LogP contribution in [0.2, 0.25) is 0 Å². The van der Waals surface area contributed by atoms with Gasteiger partial charge in [-0.2, -0.15) is 0 Å². The third-order valence-corrected chi connectivity index (χ3v) is 4.73. The maximum absolute atomic E-state index is 12.3. The normalized spacial score (nSPS) is 10.1.